The number of hydrogen-bond donors (Lipinski definition) is 0. The minimum atomic E-state index is 0.0811. The molecule has 3 nitrogen and oxygen atoms in total. The SMILES string of the molecule is c1ccc(-c2ccc(-c3ccc4c(c3)B3c5ccccc5Oc5cccc(c53)O4)cc2)nc1. The summed E-state index contributed by atoms with van der Waals surface area (Å²) in [4.78, 5) is 4.46. The van der Waals surface area contributed by atoms with Crippen LogP contribution in [0, 0.1) is 0 Å². The van der Waals surface area contributed by atoms with Gasteiger partial charge in [-0.3, -0.25) is 4.98 Å². The Labute approximate surface area is 192 Å². The van der Waals surface area contributed by atoms with Crippen LogP contribution in [0.25, 0.3) is 22.4 Å². The van der Waals surface area contributed by atoms with E-state index in [0.29, 0.717) is 0 Å². The average Bonchev–Trinajstić information content (AvgIpc) is 2.89. The maximum atomic E-state index is 6.32. The van der Waals surface area contributed by atoms with E-state index < -0.39 is 0 Å². The van der Waals surface area contributed by atoms with Crippen LogP contribution in [0.2, 0.25) is 0 Å². The van der Waals surface area contributed by atoms with Gasteiger partial charge in [-0.25, -0.2) is 0 Å². The number of ether oxygens (including phenoxy) is 2. The van der Waals surface area contributed by atoms with E-state index in [9.17, 15) is 0 Å². The number of hydrogen-bond acceptors (Lipinski definition) is 3. The number of pyridine rings is 1. The van der Waals surface area contributed by atoms with Crippen molar-refractivity contribution in [1.82, 2.24) is 4.98 Å². The maximum absolute atomic E-state index is 6.32. The third-order valence-corrected chi connectivity index (χ3v) is 6.48. The summed E-state index contributed by atoms with van der Waals surface area (Å²) in [5, 5.41) is 0. The normalized spacial score (nSPS) is 12.7. The summed E-state index contributed by atoms with van der Waals surface area (Å²) in [6.45, 7) is 0.0811. The summed E-state index contributed by atoms with van der Waals surface area (Å²) in [5.41, 5.74) is 7.85. The predicted molar refractivity (Wildman–Crippen MR) is 133 cm³/mol. The Balaban J connectivity index is 1.35. The molecule has 0 bridgehead atoms. The second kappa shape index (κ2) is 7.11. The summed E-state index contributed by atoms with van der Waals surface area (Å²) >= 11 is 0. The molecule has 0 radical (unpaired) electrons. The fourth-order valence-electron chi connectivity index (χ4n) is 4.93. The van der Waals surface area contributed by atoms with E-state index in [4.69, 9.17) is 9.47 Å². The van der Waals surface area contributed by atoms with Gasteiger partial charge in [0.25, 0.3) is 6.71 Å². The van der Waals surface area contributed by atoms with Gasteiger partial charge in [-0.2, -0.15) is 0 Å². The standard InChI is InChI=1S/C29H18BNO2/c1-2-8-25-22(6-1)30-23-18-21(19-11-13-20(14-12-19)24-7-3-4-17-31-24)15-16-26(23)33-28-10-5-9-27(32-25)29(28)30/h1-18H. The molecule has 0 amide bonds. The molecule has 7 rings (SSSR count). The van der Waals surface area contributed by atoms with Crippen LogP contribution in [0.1, 0.15) is 0 Å². The molecule has 0 unspecified atom stereocenters. The van der Waals surface area contributed by atoms with Gasteiger partial charge in [0.05, 0.1) is 5.69 Å². The number of rotatable bonds is 2. The van der Waals surface area contributed by atoms with E-state index in [2.05, 4.69) is 59.6 Å². The Morgan fingerprint density at radius 2 is 1.18 bits per heavy atom. The summed E-state index contributed by atoms with van der Waals surface area (Å²) in [7, 11) is 0. The van der Waals surface area contributed by atoms with Crippen molar-refractivity contribution < 1.29 is 9.47 Å². The lowest BCUT2D eigenvalue weighted by molar-refractivity contribution is 0.464. The minimum Gasteiger partial charge on any atom is -0.458 e. The Bertz CT molecular complexity index is 1500. The first-order chi connectivity index (χ1) is 16.3. The number of fused-ring (bicyclic) bond motifs is 4. The zero-order valence-electron chi connectivity index (χ0n) is 17.7. The van der Waals surface area contributed by atoms with Crippen LogP contribution < -0.4 is 25.9 Å². The van der Waals surface area contributed by atoms with Crippen LogP contribution in [0.5, 0.6) is 23.0 Å². The van der Waals surface area contributed by atoms with Gasteiger partial charge in [0.15, 0.2) is 0 Å². The third-order valence-electron chi connectivity index (χ3n) is 6.48. The van der Waals surface area contributed by atoms with E-state index in [-0.39, 0.29) is 6.71 Å². The monoisotopic (exact) mass is 423 g/mol. The van der Waals surface area contributed by atoms with Crippen LogP contribution in [0.15, 0.2) is 109 Å². The van der Waals surface area contributed by atoms with Crippen LogP contribution in [0.3, 0.4) is 0 Å². The first kappa shape index (κ1) is 18.3. The highest BCUT2D eigenvalue weighted by Crippen LogP contribution is 2.35. The molecule has 2 aliphatic rings. The number of aromatic nitrogens is 1. The summed E-state index contributed by atoms with van der Waals surface area (Å²) < 4.78 is 12.5. The van der Waals surface area contributed by atoms with Gasteiger partial charge in [0, 0.05) is 17.2 Å². The Hall–Kier alpha value is -4.31. The van der Waals surface area contributed by atoms with Crippen molar-refractivity contribution in [3.8, 4) is 45.4 Å². The maximum Gasteiger partial charge on any atom is 0.260 e. The first-order valence-corrected chi connectivity index (χ1v) is 11.1. The minimum absolute atomic E-state index is 0.0811. The van der Waals surface area contributed by atoms with Crippen molar-refractivity contribution in [3.05, 3.63) is 109 Å². The van der Waals surface area contributed by atoms with Crippen LogP contribution in [0.4, 0.5) is 0 Å². The van der Waals surface area contributed by atoms with Gasteiger partial charge in [-0.15, -0.1) is 0 Å². The van der Waals surface area contributed by atoms with Crippen LogP contribution in [-0.2, 0) is 0 Å². The fourth-order valence-corrected chi connectivity index (χ4v) is 4.93. The molecule has 0 aliphatic carbocycles. The third kappa shape index (κ3) is 2.88. The lowest BCUT2D eigenvalue weighted by atomic mass is 9.35. The average molecular weight is 423 g/mol. The highest BCUT2D eigenvalue weighted by atomic mass is 16.5. The Kier molecular flexibility index (Phi) is 3.94. The van der Waals surface area contributed by atoms with Crippen molar-refractivity contribution in [2.75, 3.05) is 0 Å². The summed E-state index contributed by atoms with van der Waals surface area (Å²) in [6, 6.07) is 35.4. The molecule has 0 N–H and O–H groups in total. The van der Waals surface area contributed by atoms with Gasteiger partial charge in [0.2, 0.25) is 0 Å². The number of benzene rings is 4. The molecule has 2 aliphatic heterocycles. The van der Waals surface area contributed by atoms with Crippen molar-refractivity contribution >= 4 is 23.1 Å². The molecule has 0 spiro atoms. The van der Waals surface area contributed by atoms with Crippen molar-refractivity contribution in [2.45, 2.75) is 0 Å². The van der Waals surface area contributed by atoms with Gasteiger partial charge in [0.1, 0.15) is 23.0 Å². The molecule has 4 heteroatoms. The molecule has 0 saturated heterocycles. The number of para-hydroxylation sites is 1. The molecule has 154 valence electrons. The molecule has 3 heterocycles. The zero-order chi connectivity index (χ0) is 21.8. The topological polar surface area (TPSA) is 31.4 Å². The highest BCUT2D eigenvalue weighted by Gasteiger charge is 2.39. The summed E-state index contributed by atoms with van der Waals surface area (Å²) in [5.74, 6) is 3.54. The second-order valence-electron chi connectivity index (χ2n) is 8.39. The van der Waals surface area contributed by atoms with Crippen LogP contribution in [-0.4, -0.2) is 11.7 Å². The van der Waals surface area contributed by atoms with Gasteiger partial charge in [-0.1, -0.05) is 66.7 Å². The molecule has 5 aromatic rings. The smallest absolute Gasteiger partial charge is 0.260 e. The lowest BCUT2D eigenvalue weighted by Gasteiger charge is -2.33. The van der Waals surface area contributed by atoms with Crippen LogP contribution >= 0.6 is 0 Å². The molecule has 4 aromatic carbocycles. The first-order valence-electron chi connectivity index (χ1n) is 11.1. The van der Waals surface area contributed by atoms with E-state index in [0.717, 1.165) is 56.3 Å². The van der Waals surface area contributed by atoms with Gasteiger partial charge < -0.3 is 9.47 Å². The molecule has 1 aromatic heterocycles. The molecule has 0 saturated carbocycles. The molecule has 33 heavy (non-hydrogen) atoms. The second-order valence-corrected chi connectivity index (χ2v) is 8.39. The zero-order valence-corrected chi connectivity index (χ0v) is 17.7. The Morgan fingerprint density at radius 3 is 1.97 bits per heavy atom. The highest BCUT2D eigenvalue weighted by molar-refractivity contribution is 6.98. The fraction of sp³-hybridized carbons (Fsp3) is 0. The summed E-state index contributed by atoms with van der Waals surface area (Å²) in [6.07, 6.45) is 1.82. The molecular formula is C29H18BNO2. The van der Waals surface area contributed by atoms with Crippen molar-refractivity contribution in [1.29, 1.82) is 0 Å². The Morgan fingerprint density at radius 1 is 0.515 bits per heavy atom. The predicted octanol–water partition coefficient (Wildman–Crippen LogP) is 5.14. The molecular weight excluding hydrogens is 405 g/mol. The molecule has 0 atom stereocenters. The number of nitrogens with zero attached hydrogens (tertiary/aromatic N) is 1. The largest absolute Gasteiger partial charge is 0.458 e. The van der Waals surface area contributed by atoms with E-state index in [1.165, 1.54) is 5.46 Å². The van der Waals surface area contributed by atoms with Crippen molar-refractivity contribution in [2.24, 2.45) is 0 Å². The van der Waals surface area contributed by atoms with E-state index >= 15 is 0 Å². The van der Waals surface area contributed by atoms with Gasteiger partial charge in [-0.05, 0) is 58.5 Å². The van der Waals surface area contributed by atoms with E-state index in [1.807, 2.05) is 54.7 Å². The van der Waals surface area contributed by atoms with Crippen molar-refractivity contribution in [3.63, 3.8) is 0 Å². The quantitative estimate of drug-likeness (QED) is 0.361. The molecule has 0 fully saturated rings. The van der Waals surface area contributed by atoms with Gasteiger partial charge >= 0.3 is 0 Å². The van der Waals surface area contributed by atoms with E-state index in [1.54, 1.807) is 0 Å². The lowest BCUT2D eigenvalue weighted by Crippen LogP contribution is -2.57.